The maximum absolute atomic E-state index is 12.7. The van der Waals surface area contributed by atoms with Gasteiger partial charge in [-0.3, -0.25) is 19.3 Å². The number of para-hydroxylation sites is 1. The summed E-state index contributed by atoms with van der Waals surface area (Å²) >= 11 is 0.811. The van der Waals surface area contributed by atoms with Crippen molar-refractivity contribution in [1.82, 2.24) is 9.80 Å². The van der Waals surface area contributed by atoms with E-state index < -0.39 is 11.1 Å². The molecule has 1 aromatic rings. The Bertz CT molecular complexity index is 796. The lowest BCUT2D eigenvalue weighted by molar-refractivity contribution is -0.138. The van der Waals surface area contributed by atoms with Crippen LogP contribution in [0.1, 0.15) is 33.3 Å². The average molecular weight is 407 g/mol. The van der Waals surface area contributed by atoms with Gasteiger partial charge in [0.2, 0.25) is 5.91 Å². The van der Waals surface area contributed by atoms with E-state index in [1.807, 2.05) is 27.7 Å². The van der Waals surface area contributed by atoms with Crippen molar-refractivity contribution >= 4 is 34.9 Å². The van der Waals surface area contributed by atoms with Crippen LogP contribution in [0.3, 0.4) is 0 Å². The summed E-state index contributed by atoms with van der Waals surface area (Å²) in [6.07, 6.45) is 1.58. The molecule has 0 spiro atoms. The predicted molar refractivity (Wildman–Crippen MR) is 109 cm³/mol. The van der Waals surface area contributed by atoms with E-state index in [0.29, 0.717) is 17.1 Å². The lowest BCUT2D eigenvalue weighted by Crippen LogP contribution is -2.48. The number of nitrogens with zero attached hydrogens (tertiary/aromatic N) is 2. The Labute approximate surface area is 169 Å². The molecule has 7 nitrogen and oxygen atoms in total. The van der Waals surface area contributed by atoms with Crippen molar-refractivity contribution in [3.05, 3.63) is 28.7 Å². The molecule has 0 radical (unpaired) electrons. The minimum absolute atomic E-state index is 0.0241. The van der Waals surface area contributed by atoms with E-state index in [9.17, 15) is 14.4 Å². The molecule has 0 aliphatic carbocycles. The highest BCUT2D eigenvalue weighted by atomic mass is 32.2. The van der Waals surface area contributed by atoms with Gasteiger partial charge >= 0.3 is 0 Å². The van der Waals surface area contributed by atoms with Gasteiger partial charge in [0.25, 0.3) is 11.1 Å². The number of carbonyl (C=O) groups is 3. The molecule has 28 heavy (non-hydrogen) atoms. The van der Waals surface area contributed by atoms with Gasteiger partial charge in [-0.25, -0.2) is 0 Å². The summed E-state index contributed by atoms with van der Waals surface area (Å²) < 4.78 is 10.6. The molecule has 0 unspecified atom stereocenters. The molecule has 1 saturated heterocycles. The summed E-state index contributed by atoms with van der Waals surface area (Å²) in [7, 11) is 3.03. The molecule has 3 amide bonds. The molecule has 0 N–H and O–H groups in total. The third-order valence-electron chi connectivity index (χ3n) is 4.29. The maximum Gasteiger partial charge on any atom is 0.294 e. The average Bonchev–Trinajstić information content (AvgIpc) is 2.88. The molecular formula is C20H26N2O5S. The van der Waals surface area contributed by atoms with Crippen molar-refractivity contribution in [1.29, 1.82) is 0 Å². The Morgan fingerprint density at radius 2 is 1.79 bits per heavy atom. The molecule has 2 rings (SSSR count). The lowest BCUT2D eigenvalue weighted by Gasteiger charge is -2.31. The molecule has 1 fully saturated rings. The number of carbonyl (C=O) groups excluding carboxylic acids is 3. The van der Waals surface area contributed by atoms with Crippen molar-refractivity contribution in [2.45, 2.75) is 39.8 Å². The Morgan fingerprint density at radius 3 is 2.32 bits per heavy atom. The van der Waals surface area contributed by atoms with Crippen molar-refractivity contribution in [3.8, 4) is 11.5 Å². The van der Waals surface area contributed by atoms with Crippen molar-refractivity contribution in [2.24, 2.45) is 0 Å². The summed E-state index contributed by atoms with van der Waals surface area (Å²) in [5, 5.41) is -0.459. The number of rotatable bonds is 7. The quantitative estimate of drug-likeness (QED) is 0.646. The molecule has 8 heteroatoms. The van der Waals surface area contributed by atoms with Gasteiger partial charge < -0.3 is 14.4 Å². The van der Waals surface area contributed by atoms with Crippen molar-refractivity contribution < 1.29 is 23.9 Å². The van der Waals surface area contributed by atoms with Crippen LogP contribution in [0.4, 0.5) is 4.79 Å². The summed E-state index contributed by atoms with van der Waals surface area (Å²) in [6.45, 7) is 7.34. The van der Waals surface area contributed by atoms with E-state index in [1.54, 1.807) is 29.2 Å². The molecule has 0 saturated carbocycles. The largest absolute Gasteiger partial charge is 0.493 e. The van der Waals surface area contributed by atoms with Gasteiger partial charge in [-0.05, 0) is 51.6 Å². The van der Waals surface area contributed by atoms with E-state index in [0.717, 1.165) is 16.7 Å². The fourth-order valence-electron chi connectivity index (χ4n) is 3.19. The molecule has 1 heterocycles. The van der Waals surface area contributed by atoms with Gasteiger partial charge in [-0.1, -0.05) is 12.1 Å². The lowest BCUT2D eigenvalue weighted by atomic mass is 10.1. The van der Waals surface area contributed by atoms with Crippen LogP contribution in [0, 0.1) is 0 Å². The fourth-order valence-corrected chi connectivity index (χ4v) is 4.02. The normalized spacial score (nSPS) is 15.7. The number of methoxy groups -OCH3 is 2. The highest BCUT2D eigenvalue weighted by Crippen LogP contribution is 2.37. The summed E-state index contributed by atoms with van der Waals surface area (Å²) in [4.78, 5) is 40.6. The topological polar surface area (TPSA) is 76.2 Å². The van der Waals surface area contributed by atoms with Crippen LogP contribution >= 0.6 is 11.8 Å². The monoisotopic (exact) mass is 406 g/mol. The summed E-state index contributed by atoms with van der Waals surface area (Å²) in [5.74, 6) is 0.252. The predicted octanol–water partition coefficient (Wildman–Crippen LogP) is 3.39. The standard InChI is InChI=1S/C20H26N2O5S/c1-12(2)22(13(3)4)17(23)11-21-19(24)16(28-20(21)25)10-14-8-7-9-15(26-5)18(14)27-6/h7-10,12-13H,11H2,1-6H3/b16-10-. The molecular weight excluding hydrogens is 380 g/mol. The van der Waals surface area contributed by atoms with Crippen LogP contribution in [0.2, 0.25) is 0 Å². The Morgan fingerprint density at radius 1 is 1.14 bits per heavy atom. The first kappa shape index (κ1) is 21.8. The third-order valence-corrected chi connectivity index (χ3v) is 5.20. The van der Waals surface area contributed by atoms with E-state index >= 15 is 0 Å². The number of benzene rings is 1. The second-order valence-corrected chi connectivity index (χ2v) is 7.83. The summed E-state index contributed by atoms with van der Waals surface area (Å²) in [6, 6.07) is 5.23. The second-order valence-electron chi connectivity index (χ2n) is 6.84. The molecule has 1 aromatic carbocycles. The number of hydrogen-bond donors (Lipinski definition) is 0. The highest BCUT2D eigenvalue weighted by molar-refractivity contribution is 8.18. The minimum atomic E-state index is -0.485. The van der Waals surface area contributed by atoms with E-state index in [4.69, 9.17) is 9.47 Å². The first-order valence-electron chi connectivity index (χ1n) is 8.98. The third kappa shape index (κ3) is 4.49. The fraction of sp³-hybridized carbons (Fsp3) is 0.450. The number of thioether (sulfide) groups is 1. The van der Waals surface area contributed by atoms with Gasteiger partial charge in [0.05, 0.1) is 19.1 Å². The van der Waals surface area contributed by atoms with E-state index in [-0.39, 0.29) is 29.4 Å². The number of imide groups is 1. The van der Waals surface area contributed by atoms with Crippen molar-refractivity contribution in [2.75, 3.05) is 20.8 Å². The van der Waals surface area contributed by atoms with Crippen LogP contribution in [-0.4, -0.2) is 59.7 Å². The molecule has 1 aliphatic heterocycles. The van der Waals surface area contributed by atoms with Gasteiger partial charge in [0, 0.05) is 17.6 Å². The highest BCUT2D eigenvalue weighted by Gasteiger charge is 2.38. The Hall–Kier alpha value is -2.48. The molecule has 0 aromatic heterocycles. The molecule has 152 valence electrons. The number of amides is 3. The van der Waals surface area contributed by atoms with Gasteiger partial charge in [0.15, 0.2) is 11.5 Å². The maximum atomic E-state index is 12.7. The van der Waals surface area contributed by atoms with Crippen molar-refractivity contribution in [3.63, 3.8) is 0 Å². The van der Waals surface area contributed by atoms with Crippen LogP contribution in [0.5, 0.6) is 11.5 Å². The zero-order valence-corrected chi connectivity index (χ0v) is 17.8. The number of hydrogen-bond acceptors (Lipinski definition) is 6. The number of ether oxygens (including phenoxy) is 2. The van der Waals surface area contributed by atoms with E-state index in [1.165, 1.54) is 14.2 Å². The Balaban J connectivity index is 2.27. The molecule has 0 bridgehead atoms. The van der Waals surface area contributed by atoms with Crippen LogP contribution in [-0.2, 0) is 9.59 Å². The minimum Gasteiger partial charge on any atom is -0.493 e. The molecule has 1 aliphatic rings. The van der Waals surface area contributed by atoms with Gasteiger partial charge in [-0.15, -0.1) is 0 Å². The zero-order chi connectivity index (χ0) is 21.0. The van der Waals surface area contributed by atoms with E-state index in [2.05, 4.69) is 0 Å². The zero-order valence-electron chi connectivity index (χ0n) is 17.0. The Kier molecular flexibility index (Phi) is 7.12. The van der Waals surface area contributed by atoms with Gasteiger partial charge in [0.1, 0.15) is 6.54 Å². The molecule has 0 atom stereocenters. The SMILES string of the molecule is COc1cccc(/C=C2\SC(=O)N(CC(=O)N(C(C)C)C(C)C)C2=O)c1OC. The van der Waals surface area contributed by atoms with Crippen LogP contribution in [0.15, 0.2) is 23.1 Å². The van der Waals surface area contributed by atoms with Crippen LogP contribution < -0.4 is 9.47 Å². The first-order chi connectivity index (χ1) is 13.2. The smallest absolute Gasteiger partial charge is 0.294 e. The summed E-state index contributed by atoms with van der Waals surface area (Å²) in [5.41, 5.74) is 0.615. The van der Waals surface area contributed by atoms with Crippen LogP contribution in [0.25, 0.3) is 6.08 Å². The second kappa shape index (κ2) is 9.14. The first-order valence-corrected chi connectivity index (χ1v) is 9.80. The van der Waals surface area contributed by atoms with Gasteiger partial charge in [-0.2, -0.15) is 0 Å².